The molecule has 1 aliphatic rings. The minimum Gasteiger partial charge on any atom is -0.493 e. The second kappa shape index (κ2) is 56.0. The zero-order valence-corrected chi connectivity index (χ0v) is 83.8. The van der Waals surface area contributed by atoms with Crippen LogP contribution in [-0.2, 0) is 86.8 Å². The monoisotopic (exact) mass is 1920 g/mol. The summed E-state index contributed by atoms with van der Waals surface area (Å²) in [6.45, 7) is 32.5. The molecule has 0 bridgehead atoms. The number of aliphatic hydroxyl groups excluding tert-OH is 1. The van der Waals surface area contributed by atoms with Crippen LogP contribution >= 0.6 is 12.6 Å². The Morgan fingerprint density at radius 1 is 0.266 bits per heavy atom. The lowest BCUT2D eigenvalue weighted by atomic mass is 10.0. The van der Waals surface area contributed by atoms with Crippen molar-refractivity contribution < 1.29 is 124 Å². The Balaban J connectivity index is 0.000000205. The molecular formula is C112H126O26S. The van der Waals surface area contributed by atoms with Crippen molar-refractivity contribution in [2.24, 2.45) is 0 Å². The van der Waals surface area contributed by atoms with Gasteiger partial charge >= 0.3 is 36.9 Å². The van der Waals surface area contributed by atoms with Gasteiger partial charge in [0, 0.05) is 33.6 Å². The Morgan fingerprint density at radius 2 is 0.511 bits per heavy atom. The molecule has 1 fully saturated rings. The van der Waals surface area contributed by atoms with Crippen LogP contribution in [0.2, 0.25) is 0 Å². The highest BCUT2D eigenvalue weighted by molar-refractivity contribution is 7.79. The maximum absolute atomic E-state index is 11.5. The molecule has 26 nitrogen and oxygen atoms in total. The van der Waals surface area contributed by atoms with Crippen LogP contribution in [-0.4, -0.2) is 91.3 Å². The molecule has 0 amide bonds. The molecule has 1 N–H and O–H groups in total. The average molecular weight is 1920 g/mol. The number of carbonyl (C=O) groups excluding carboxylic acids is 6. The molecular weight excluding hydrogens is 1790 g/mol. The fourth-order valence-electron chi connectivity index (χ4n) is 13.4. The minimum atomic E-state index is -0.812. The number of ether oxygens (including phenoxy) is 19. The molecule has 0 heterocycles. The van der Waals surface area contributed by atoms with E-state index in [9.17, 15) is 33.9 Å². The molecule has 12 aromatic carbocycles. The largest absolute Gasteiger partial charge is 0.513 e. The van der Waals surface area contributed by atoms with Crippen LogP contribution in [0.25, 0.3) is 0 Å². The van der Waals surface area contributed by atoms with Crippen LogP contribution in [0.3, 0.4) is 0 Å². The molecule has 0 aliphatic heterocycles. The highest BCUT2D eigenvalue weighted by Crippen LogP contribution is 2.45. The van der Waals surface area contributed by atoms with Gasteiger partial charge in [0.1, 0.15) is 114 Å². The first kappa shape index (κ1) is 109. The topological polar surface area (TPSA) is 298 Å². The standard InChI is InChI=1S/C20H22O4.C19H22O5.C19H22O4.C18H20O5.C18H20O4S.C18H20O4/c1-13-7-10-16(11-14(13)2)23-12-18-17(15-8-9-15)5-4-6-19(18)24-20(21)22-3;1-5-22-17-7-6-8-18(24-19(20)21-4)16(17)12-23-15-10-9-13(2)14(3)11-15;1-5-15-7-6-8-18(23-19(20)21-4)17(15)12-22-16-10-9-13(2)14(3)11-16;1-12-7-8-15(9-13(12)2)22-11-16-14(10-19)5-4-6-17(16)23-18(20)21-3;1-12-7-8-15(9-13(12)2)21-10-16-14(11-23)5-4-6-17(16)22-18(19)20-3;1-12-8-9-15(10-14(12)3)21-11-16-13(2)6-5-7-17(16)22-18(19)20-4/h4-7,10-11,15H,8-9,12H2,1-3H3;6-11H,5,12H2,1-4H3;6-11H,5,12H2,1-4H3;4-9,19H,10-11H2,1-3H3;4-9,23H,10-11H2,1-3H3;5-10H,11H2,1-4H3. The molecule has 736 valence electrons. The summed E-state index contributed by atoms with van der Waals surface area (Å²) in [5, 5.41) is 9.48. The van der Waals surface area contributed by atoms with Gasteiger partial charge in [-0.05, 0) is 332 Å². The van der Waals surface area contributed by atoms with Gasteiger partial charge in [0.05, 0.1) is 61.4 Å². The Kier molecular flexibility index (Phi) is 44.1. The molecule has 27 heteroatoms. The number of hydrogen-bond donors (Lipinski definition) is 2. The third kappa shape index (κ3) is 34.4. The number of aryl methyl sites for hydroxylation is 14. The first-order valence-electron chi connectivity index (χ1n) is 45.0. The highest BCUT2D eigenvalue weighted by Gasteiger charge is 2.29. The lowest BCUT2D eigenvalue weighted by molar-refractivity contribution is 0.119. The summed E-state index contributed by atoms with van der Waals surface area (Å²) in [7, 11) is 7.65. The van der Waals surface area contributed by atoms with Gasteiger partial charge in [-0.3, -0.25) is 0 Å². The predicted molar refractivity (Wildman–Crippen MR) is 534 cm³/mol. The van der Waals surface area contributed by atoms with E-state index in [0.29, 0.717) is 101 Å². The van der Waals surface area contributed by atoms with Crippen molar-refractivity contribution in [3.8, 4) is 74.7 Å². The third-order valence-corrected chi connectivity index (χ3v) is 23.0. The molecule has 12 aromatic rings. The first-order chi connectivity index (χ1) is 66.8. The van der Waals surface area contributed by atoms with Gasteiger partial charge < -0.3 is 95.1 Å². The predicted octanol–water partition coefficient (Wildman–Crippen LogP) is 26.2. The van der Waals surface area contributed by atoms with Gasteiger partial charge in [-0.2, -0.15) is 12.6 Å². The first-order valence-corrected chi connectivity index (χ1v) is 45.7. The lowest BCUT2D eigenvalue weighted by Gasteiger charge is -2.15. The van der Waals surface area contributed by atoms with Crippen molar-refractivity contribution in [1.82, 2.24) is 0 Å². The minimum absolute atomic E-state index is 0.172. The van der Waals surface area contributed by atoms with Crippen LogP contribution < -0.4 is 61.6 Å². The third-order valence-electron chi connectivity index (χ3n) is 22.7. The second-order valence-corrected chi connectivity index (χ2v) is 32.5. The molecule has 139 heavy (non-hydrogen) atoms. The summed E-state index contributed by atoms with van der Waals surface area (Å²) in [6.07, 6.45) is -1.38. The fraction of sp³-hybridized carbons (Fsp3) is 0.304. The van der Waals surface area contributed by atoms with E-state index in [0.717, 1.165) is 104 Å². The van der Waals surface area contributed by atoms with Gasteiger partial charge in [-0.15, -0.1) is 0 Å². The Hall–Kier alpha value is -14.8. The SMILES string of the molecule is CCOc1cccc(OC(=O)OC)c1COc1ccc(C)c(C)c1.CCc1cccc(OC(=O)OC)c1COc1ccc(C)c(C)c1.COC(=O)Oc1cccc(C)c1COc1ccc(C)c(C)c1.COC(=O)Oc1cccc(C2CC2)c1COc1ccc(C)c(C)c1.COC(=O)Oc1cccc(CO)c1COc1ccc(C)c(C)c1.COC(=O)Oc1cccc(CS)c1COc1ccc(C)c(C)c1. The molecule has 0 radical (unpaired) electrons. The Bertz CT molecular complexity index is 5830. The molecule has 1 aliphatic carbocycles. The molecule has 0 aromatic heterocycles. The smallest absolute Gasteiger partial charge is 0.493 e. The molecule has 13 rings (SSSR count). The van der Waals surface area contributed by atoms with Crippen LogP contribution in [0, 0.1) is 90.0 Å². The molecule has 0 saturated heterocycles. The van der Waals surface area contributed by atoms with E-state index in [4.69, 9.17) is 61.6 Å². The van der Waals surface area contributed by atoms with E-state index >= 15 is 0 Å². The van der Waals surface area contributed by atoms with Gasteiger partial charge in [-0.1, -0.05) is 110 Å². The fourth-order valence-corrected chi connectivity index (χ4v) is 13.7. The van der Waals surface area contributed by atoms with Crippen LogP contribution in [0.5, 0.6) is 74.7 Å². The van der Waals surface area contributed by atoms with Gasteiger partial charge in [0.15, 0.2) is 0 Å². The van der Waals surface area contributed by atoms with Crippen molar-refractivity contribution >= 4 is 49.6 Å². The number of hydrogen-bond acceptors (Lipinski definition) is 27. The van der Waals surface area contributed by atoms with Crippen LogP contribution in [0.4, 0.5) is 28.8 Å². The Labute approximate surface area is 820 Å². The highest BCUT2D eigenvalue weighted by atomic mass is 32.1. The van der Waals surface area contributed by atoms with Crippen molar-refractivity contribution in [1.29, 1.82) is 0 Å². The van der Waals surface area contributed by atoms with E-state index in [1.807, 2.05) is 220 Å². The van der Waals surface area contributed by atoms with E-state index < -0.39 is 36.9 Å². The van der Waals surface area contributed by atoms with E-state index in [-0.39, 0.29) is 26.4 Å². The summed E-state index contributed by atoms with van der Waals surface area (Å²) in [5.41, 5.74) is 23.7. The van der Waals surface area contributed by atoms with E-state index in [2.05, 4.69) is 88.7 Å². The van der Waals surface area contributed by atoms with E-state index in [1.165, 1.54) is 98.3 Å². The zero-order valence-electron chi connectivity index (χ0n) is 82.9. The van der Waals surface area contributed by atoms with Crippen molar-refractivity contribution in [3.63, 3.8) is 0 Å². The van der Waals surface area contributed by atoms with Crippen LogP contribution in [0.15, 0.2) is 218 Å². The number of thiol groups is 1. The molecule has 1 saturated carbocycles. The molecule has 0 atom stereocenters. The summed E-state index contributed by atoms with van der Waals surface area (Å²) < 4.78 is 99.4. The number of rotatable bonds is 30. The number of benzene rings is 12. The molecule has 0 spiro atoms. The van der Waals surface area contributed by atoms with Gasteiger partial charge in [0.2, 0.25) is 0 Å². The summed E-state index contributed by atoms with van der Waals surface area (Å²) in [5.74, 6) is 8.81. The van der Waals surface area contributed by atoms with Crippen LogP contribution in [0.1, 0.15) is 161 Å². The van der Waals surface area contributed by atoms with E-state index in [1.54, 1.807) is 54.6 Å². The maximum atomic E-state index is 11.5. The maximum Gasteiger partial charge on any atom is 0.513 e. The van der Waals surface area contributed by atoms with Crippen molar-refractivity contribution in [2.75, 3.05) is 49.3 Å². The summed E-state index contributed by atoms with van der Waals surface area (Å²) >= 11 is 4.32. The van der Waals surface area contributed by atoms with Gasteiger partial charge in [-0.25, -0.2) is 28.8 Å². The normalized spacial score (nSPS) is 10.8. The summed E-state index contributed by atoms with van der Waals surface area (Å²) in [4.78, 5) is 68.4. The number of aliphatic hydroxyl groups is 1. The quantitative estimate of drug-likeness (QED) is 0.0183. The number of methoxy groups -OCH3 is 6. The Morgan fingerprint density at radius 3 is 0.806 bits per heavy atom. The van der Waals surface area contributed by atoms with Gasteiger partial charge in [0.25, 0.3) is 0 Å². The zero-order chi connectivity index (χ0) is 101. The van der Waals surface area contributed by atoms with Crippen molar-refractivity contribution in [2.45, 2.75) is 181 Å². The average Bonchev–Trinajstić information content (AvgIpc) is 1.65. The van der Waals surface area contributed by atoms with Crippen molar-refractivity contribution in [3.05, 3.63) is 346 Å². The second-order valence-electron chi connectivity index (χ2n) is 32.2. The number of carbonyl (C=O) groups is 6. The summed E-state index contributed by atoms with van der Waals surface area (Å²) in [6, 6.07) is 68.2. The lowest BCUT2D eigenvalue weighted by Crippen LogP contribution is -2.11. The molecule has 0 unspecified atom stereocenters.